The van der Waals surface area contributed by atoms with E-state index in [-0.39, 0.29) is 18.4 Å². The molecule has 2 atom stereocenters. The number of aromatic amines is 1. The Labute approximate surface area is 130 Å². The Morgan fingerprint density at radius 1 is 1.39 bits per heavy atom. The molecule has 3 rings (SSSR count). The van der Waals surface area contributed by atoms with Gasteiger partial charge in [-0.2, -0.15) is 18.3 Å². The summed E-state index contributed by atoms with van der Waals surface area (Å²) in [7, 11) is 0. The number of nitrogens with zero attached hydrogens (tertiary/aromatic N) is 2. The first-order chi connectivity index (χ1) is 10.9. The highest BCUT2D eigenvalue weighted by Gasteiger charge is 2.36. The second-order valence-electron chi connectivity index (χ2n) is 5.76. The Hall–Kier alpha value is -1.61. The average molecular weight is 333 g/mol. The minimum atomic E-state index is -4.47. The number of alkyl halides is 3. The molecule has 0 radical (unpaired) electrons. The molecule has 1 N–H and O–H groups in total. The van der Waals surface area contributed by atoms with Crippen molar-refractivity contribution < 1.29 is 27.4 Å². The van der Waals surface area contributed by atoms with E-state index in [2.05, 4.69) is 10.2 Å². The first-order valence-corrected chi connectivity index (χ1v) is 7.56. The first kappa shape index (κ1) is 16.3. The highest BCUT2D eigenvalue weighted by atomic mass is 19.4. The van der Waals surface area contributed by atoms with Crippen molar-refractivity contribution >= 4 is 5.91 Å². The molecule has 3 heterocycles. The molecule has 1 aromatic rings. The summed E-state index contributed by atoms with van der Waals surface area (Å²) >= 11 is 0. The van der Waals surface area contributed by atoms with Gasteiger partial charge in [0, 0.05) is 24.7 Å². The number of likely N-dealkylation sites (tertiary alicyclic amines) is 1. The molecule has 0 aromatic carbocycles. The number of hydrogen-bond donors (Lipinski definition) is 1. The van der Waals surface area contributed by atoms with Crippen LogP contribution >= 0.6 is 0 Å². The maximum atomic E-state index is 12.6. The van der Waals surface area contributed by atoms with Crippen molar-refractivity contribution in [3.8, 4) is 0 Å². The van der Waals surface area contributed by atoms with Gasteiger partial charge in [0.05, 0.1) is 19.8 Å². The van der Waals surface area contributed by atoms with E-state index in [1.165, 1.54) is 0 Å². The number of aromatic nitrogens is 2. The Balaban J connectivity index is 1.66. The van der Waals surface area contributed by atoms with Crippen LogP contribution in [0.5, 0.6) is 0 Å². The SMILES string of the molecule is O=C(C1COCCO1)N1CCCC(c2cc(C(F)(F)F)n[nH]2)C1. The number of nitrogens with one attached hydrogen (secondary N) is 1. The molecule has 0 spiro atoms. The molecule has 0 saturated carbocycles. The van der Waals surface area contributed by atoms with Crippen molar-refractivity contribution in [3.63, 3.8) is 0 Å². The predicted molar refractivity (Wildman–Crippen MR) is 72.7 cm³/mol. The van der Waals surface area contributed by atoms with E-state index < -0.39 is 18.0 Å². The zero-order chi connectivity index (χ0) is 16.4. The van der Waals surface area contributed by atoms with Gasteiger partial charge < -0.3 is 14.4 Å². The van der Waals surface area contributed by atoms with Crippen LogP contribution in [0.2, 0.25) is 0 Å². The van der Waals surface area contributed by atoms with Gasteiger partial charge in [0.15, 0.2) is 11.8 Å². The van der Waals surface area contributed by atoms with Crippen LogP contribution in [0, 0.1) is 0 Å². The third-order valence-electron chi connectivity index (χ3n) is 4.15. The van der Waals surface area contributed by atoms with Crippen LogP contribution < -0.4 is 0 Å². The Morgan fingerprint density at radius 3 is 2.87 bits per heavy atom. The summed E-state index contributed by atoms with van der Waals surface area (Å²) in [6.07, 6.45) is -3.64. The Kier molecular flexibility index (Phi) is 4.58. The van der Waals surface area contributed by atoms with E-state index in [0.29, 0.717) is 38.4 Å². The molecule has 0 bridgehead atoms. The maximum absolute atomic E-state index is 12.6. The van der Waals surface area contributed by atoms with Crippen molar-refractivity contribution in [2.24, 2.45) is 0 Å². The molecule has 2 unspecified atom stereocenters. The highest BCUT2D eigenvalue weighted by molar-refractivity contribution is 5.81. The number of ether oxygens (including phenoxy) is 2. The second-order valence-corrected chi connectivity index (χ2v) is 5.76. The lowest BCUT2D eigenvalue weighted by Gasteiger charge is -2.35. The molecule has 0 aliphatic carbocycles. The van der Waals surface area contributed by atoms with Gasteiger partial charge >= 0.3 is 6.18 Å². The molecule has 128 valence electrons. The summed E-state index contributed by atoms with van der Waals surface area (Å²) in [4.78, 5) is 14.1. The van der Waals surface area contributed by atoms with Crippen molar-refractivity contribution in [1.29, 1.82) is 0 Å². The monoisotopic (exact) mass is 333 g/mol. The summed E-state index contributed by atoms with van der Waals surface area (Å²) in [6.45, 7) is 2.01. The van der Waals surface area contributed by atoms with Gasteiger partial charge in [0.25, 0.3) is 5.91 Å². The molecule has 2 aliphatic rings. The van der Waals surface area contributed by atoms with Crippen LogP contribution in [0.3, 0.4) is 0 Å². The summed E-state index contributed by atoms with van der Waals surface area (Å²) in [5.41, 5.74) is -0.518. The van der Waals surface area contributed by atoms with Gasteiger partial charge in [-0.25, -0.2) is 0 Å². The average Bonchev–Trinajstić information content (AvgIpc) is 3.05. The lowest BCUT2D eigenvalue weighted by Crippen LogP contribution is -2.48. The molecule has 2 saturated heterocycles. The molecule has 9 heteroatoms. The van der Waals surface area contributed by atoms with Crippen LogP contribution in [-0.2, 0) is 20.4 Å². The number of halogens is 3. The lowest BCUT2D eigenvalue weighted by atomic mass is 9.94. The molecular formula is C14H18F3N3O3. The minimum Gasteiger partial charge on any atom is -0.376 e. The van der Waals surface area contributed by atoms with Crippen molar-refractivity contribution in [2.75, 3.05) is 32.9 Å². The van der Waals surface area contributed by atoms with E-state index in [1.54, 1.807) is 4.90 Å². The van der Waals surface area contributed by atoms with Gasteiger partial charge in [0.2, 0.25) is 0 Å². The number of carbonyl (C=O) groups is 1. The maximum Gasteiger partial charge on any atom is 0.435 e. The second kappa shape index (κ2) is 6.48. The zero-order valence-electron chi connectivity index (χ0n) is 12.4. The van der Waals surface area contributed by atoms with Gasteiger partial charge in [-0.3, -0.25) is 9.89 Å². The molecule has 2 fully saturated rings. The van der Waals surface area contributed by atoms with E-state index in [0.717, 1.165) is 12.5 Å². The lowest BCUT2D eigenvalue weighted by molar-refractivity contribution is -0.159. The fraction of sp³-hybridized carbons (Fsp3) is 0.714. The number of H-pyrrole nitrogens is 1. The largest absolute Gasteiger partial charge is 0.435 e. The van der Waals surface area contributed by atoms with Crippen LogP contribution in [0.25, 0.3) is 0 Å². The summed E-state index contributed by atoms with van der Waals surface area (Å²) in [5.74, 6) is -0.342. The molecular weight excluding hydrogens is 315 g/mol. The predicted octanol–water partition coefficient (Wildman–Crippen LogP) is 1.55. The number of amides is 1. The Morgan fingerprint density at radius 2 is 2.22 bits per heavy atom. The summed E-state index contributed by atoms with van der Waals surface area (Å²) < 4.78 is 48.5. The normalized spacial score (nSPS) is 26.3. The minimum absolute atomic E-state index is 0.162. The van der Waals surface area contributed by atoms with Gasteiger partial charge in [-0.05, 0) is 18.9 Å². The van der Waals surface area contributed by atoms with Crippen LogP contribution in [0.4, 0.5) is 13.2 Å². The quantitative estimate of drug-likeness (QED) is 0.892. The zero-order valence-corrected chi connectivity index (χ0v) is 12.4. The first-order valence-electron chi connectivity index (χ1n) is 7.56. The fourth-order valence-corrected chi connectivity index (χ4v) is 2.96. The van der Waals surface area contributed by atoms with Crippen LogP contribution in [0.1, 0.15) is 30.1 Å². The Bertz CT molecular complexity index is 555. The van der Waals surface area contributed by atoms with E-state index >= 15 is 0 Å². The molecule has 6 nitrogen and oxygen atoms in total. The van der Waals surface area contributed by atoms with Crippen molar-refractivity contribution in [3.05, 3.63) is 17.5 Å². The van der Waals surface area contributed by atoms with Crippen LogP contribution in [-0.4, -0.2) is 60.0 Å². The molecule has 1 aromatic heterocycles. The highest BCUT2D eigenvalue weighted by Crippen LogP contribution is 2.32. The van der Waals surface area contributed by atoms with Crippen molar-refractivity contribution in [2.45, 2.75) is 31.0 Å². The van der Waals surface area contributed by atoms with Crippen molar-refractivity contribution in [1.82, 2.24) is 15.1 Å². The van der Waals surface area contributed by atoms with E-state index in [4.69, 9.17) is 9.47 Å². The van der Waals surface area contributed by atoms with Crippen LogP contribution in [0.15, 0.2) is 6.07 Å². The smallest absolute Gasteiger partial charge is 0.376 e. The fourth-order valence-electron chi connectivity index (χ4n) is 2.96. The van der Waals surface area contributed by atoms with E-state index in [9.17, 15) is 18.0 Å². The summed E-state index contributed by atoms with van der Waals surface area (Å²) in [6, 6.07) is 1.03. The number of rotatable bonds is 2. The molecule has 1 amide bonds. The third-order valence-corrected chi connectivity index (χ3v) is 4.15. The van der Waals surface area contributed by atoms with Gasteiger partial charge in [0.1, 0.15) is 0 Å². The number of carbonyl (C=O) groups excluding carboxylic acids is 1. The molecule has 2 aliphatic heterocycles. The third kappa shape index (κ3) is 3.66. The van der Waals surface area contributed by atoms with Gasteiger partial charge in [-0.1, -0.05) is 0 Å². The van der Waals surface area contributed by atoms with E-state index in [1.807, 2.05) is 0 Å². The number of piperidine rings is 1. The summed E-state index contributed by atoms with van der Waals surface area (Å²) in [5, 5.41) is 5.78. The topological polar surface area (TPSA) is 67.5 Å². The standard InChI is InChI=1S/C14H18F3N3O3/c15-14(16,17)12-6-10(18-19-12)9-2-1-3-20(7-9)13(21)11-8-22-4-5-23-11/h6,9,11H,1-5,7-8H2,(H,18,19). The van der Waals surface area contributed by atoms with Gasteiger partial charge in [-0.15, -0.1) is 0 Å². The number of hydrogen-bond acceptors (Lipinski definition) is 4. The molecule has 23 heavy (non-hydrogen) atoms.